The zero-order chi connectivity index (χ0) is 14.7. The van der Waals surface area contributed by atoms with Crippen LogP contribution in [0.15, 0.2) is 60.9 Å². The third kappa shape index (κ3) is 2.85. The minimum Gasteiger partial charge on any atom is -0.326 e. The number of halogens is 1. The van der Waals surface area contributed by atoms with E-state index in [4.69, 9.17) is 5.73 Å². The van der Waals surface area contributed by atoms with Gasteiger partial charge in [-0.3, -0.25) is 0 Å². The van der Waals surface area contributed by atoms with Crippen LogP contribution in [0.2, 0.25) is 0 Å². The van der Waals surface area contributed by atoms with Gasteiger partial charge in [-0.15, -0.1) is 0 Å². The van der Waals surface area contributed by atoms with Crippen molar-refractivity contribution in [2.45, 2.75) is 13.1 Å². The molecule has 0 radical (unpaired) electrons. The Morgan fingerprint density at radius 3 is 2.62 bits per heavy atom. The lowest BCUT2D eigenvalue weighted by Crippen LogP contribution is -2.04. The lowest BCUT2D eigenvalue weighted by Gasteiger charge is -2.10. The Balaban J connectivity index is 1.92. The van der Waals surface area contributed by atoms with E-state index in [1.54, 1.807) is 12.3 Å². The molecule has 2 N–H and O–H groups in total. The summed E-state index contributed by atoms with van der Waals surface area (Å²) in [7, 11) is 0. The van der Waals surface area contributed by atoms with E-state index >= 15 is 0 Å². The third-order valence-electron chi connectivity index (χ3n) is 3.44. The van der Waals surface area contributed by atoms with Crippen LogP contribution in [0, 0.1) is 5.82 Å². The van der Waals surface area contributed by atoms with Gasteiger partial charge in [0, 0.05) is 30.1 Å². The topological polar surface area (TPSA) is 43.8 Å². The third-order valence-corrected chi connectivity index (χ3v) is 3.44. The molecule has 0 spiro atoms. The minimum absolute atomic E-state index is 0.231. The lowest BCUT2D eigenvalue weighted by molar-refractivity contribution is 0.598. The van der Waals surface area contributed by atoms with Gasteiger partial charge in [-0.2, -0.15) is 0 Å². The summed E-state index contributed by atoms with van der Waals surface area (Å²) < 4.78 is 16.0. The summed E-state index contributed by atoms with van der Waals surface area (Å²) in [6.45, 7) is 0.790. The standard InChI is InChI=1S/C17H16FN3/c18-16-10-13(11-19)6-7-15(16)12-21-9-8-20-17(21)14-4-2-1-3-5-14/h1-10H,11-12,19H2. The number of nitrogens with zero attached hydrogens (tertiary/aromatic N) is 2. The zero-order valence-electron chi connectivity index (χ0n) is 11.5. The average molecular weight is 281 g/mol. The van der Waals surface area contributed by atoms with Gasteiger partial charge in [0.1, 0.15) is 11.6 Å². The van der Waals surface area contributed by atoms with Crippen LogP contribution in [0.4, 0.5) is 4.39 Å². The number of rotatable bonds is 4. The first-order valence-corrected chi connectivity index (χ1v) is 6.82. The molecule has 106 valence electrons. The molecule has 0 aliphatic carbocycles. The van der Waals surface area contributed by atoms with Gasteiger partial charge in [0.15, 0.2) is 0 Å². The van der Waals surface area contributed by atoms with Crippen molar-refractivity contribution >= 4 is 0 Å². The van der Waals surface area contributed by atoms with Crippen molar-refractivity contribution < 1.29 is 4.39 Å². The number of hydrogen-bond acceptors (Lipinski definition) is 2. The van der Waals surface area contributed by atoms with Crippen molar-refractivity contribution in [1.29, 1.82) is 0 Å². The molecule has 0 amide bonds. The van der Waals surface area contributed by atoms with Gasteiger partial charge in [0.05, 0.1) is 6.54 Å². The quantitative estimate of drug-likeness (QED) is 0.798. The first kappa shape index (κ1) is 13.5. The number of benzene rings is 2. The summed E-state index contributed by atoms with van der Waals surface area (Å²) >= 11 is 0. The molecule has 3 aromatic rings. The van der Waals surface area contributed by atoms with E-state index in [2.05, 4.69) is 4.98 Å². The monoisotopic (exact) mass is 281 g/mol. The molecular weight excluding hydrogens is 265 g/mol. The summed E-state index contributed by atoms with van der Waals surface area (Å²) in [5.41, 5.74) is 7.96. The maximum atomic E-state index is 14.1. The highest BCUT2D eigenvalue weighted by Crippen LogP contribution is 2.19. The molecule has 4 heteroatoms. The van der Waals surface area contributed by atoms with Crippen molar-refractivity contribution in [2.75, 3.05) is 0 Å². The van der Waals surface area contributed by atoms with Crippen LogP contribution in [0.25, 0.3) is 11.4 Å². The smallest absolute Gasteiger partial charge is 0.140 e. The van der Waals surface area contributed by atoms with E-state index in [1.165, 1.54) is 6.07 Å². The van der Waals surface area contributed by atoms with E-state index in [0.29, 0.717) is 18.7 Å². The molecule has 0 unspecified atom stereocenters. The highest BCUT2D eigenvalue weighted by molar-refractivity contribution is 5.55. The molecule has 3 rings (SSSR count). The Morgan fingerprint density at radius 1 is 1.10 bits per heavy atom. The van der Waals surface area contributed by atoms with Crippen molar-refractivity contribution in [3.63, 3.8) is 0 Å². The van der Waals surface area contributed by atoms with E-state index in [1.807, 2.05) is 47.2 Å². The Bertz CT molecular complexity index is 735. The molecule has 2 aromatic carbocycles. The number of nitrogens with two attached hydrogens (primary N) is 1. The predicted octanol–water partition coefficient (Wildman–Crippen LogP) is 3.20. The zero-order valence-corrected chi connectivity index (χ0v) is 11.5. The molecule has 0 fully saturated rings. The highest BCUT2D eigenvalue weighted by atomic mass is 19.1. The van der Waals surface area contributed by atoms with E-state index in [9.17, 15) is 4.39 Å². The van der Waals surface area contributed by atoms with E-state index < -0.39 is 0 Å². The van der Waals surface area contributed by atoms with Gasteiger partial charge in [-0.25, -0.2) is 9.37 Å². The normalized spacial score (nSPS) is 10.8. The van der Waals surface area contributed by atoms with Crippen LogP contribution in [0.5, 0.6) is 0 Å². The second kappa shape index (κ2) is 5.89. The second-order valence-electron chi connectivity index (χ2n) is 4.87. The second-order valence-corrected chi connectivity index (χ2v) is 4.87. The van der Waals surface area contributed by atoms with Gasteiger partial charge in [0.25, 0.3) is 0 Å². The van der Waals surface area contributed by atoms with Crippen LogP contribution in [-0.4, -0.2) is 9.55 Å². The molecule has 1 heterocycles. The summed E-state index contributed by atoms with van der Waals surface area (Å²) in [6, 6.07) is 15.0. The fourth-order valence-corrected chi connectivity index (χ4v) is 2.31. The summed E-state index contributed by atoms with van der Waals surface area (Å²) in [5, 5.41) is 0. The predicted molar refractivity (Wildman–Crippen MR) is 81.1 cm³/mol. The van der Waals surface area contributed by atoms with Crippen LogP contribution >= 0.6 is 0 Å². The molecule has 3 nitrogen and oxygen atoms in total. The number of imidazole rings is 1. The summed E-state index contributed by atoms with van der Waals surface area (Å²) in [5.74, 6) is 0.601. The largest absolute Gasteiger partial charge is 0.326 e. The van der Waals surface area contributed by atoms with Crippen molar-refractivity contribution in [1.82, 2.24) is 9.55 Å². The van der Waals surface area contributed by atoms with E-state index in [0.717, 1.165) is 17.0 Å². The number of aromatic nitrogens is 2. The minimum atomic E-state index is -0.231. The van der Waals surface area contributed by atoms with Gasteiger partial charge >= 0.3 is 0 Å². The van der Waals surface area contributed by atoms with E-state index in [-0.39, 0.29) is 5.82 Å². The fraction of sp³-hybridized carbons (Fsp3) is 0.118. The van der Waals surface area contributed by atoms with Crippen LogP contribution < -0.4 is 5.73 Å². The fourth-order valence-electron chi connectivity index (χ4n) is 2.31. The Labute approximate surface area is 122 Å². The lowest BCUT2D eigenvalue weighted by atomic mass is 10.1. The molecule has 21 heavy (non-hydrogen) atoms. The summed E-state index contributed by atoms with van der Waals surface area (Å²) in [4.78, 5) is 4.37. The first-order chi connectivity index (χ1) is 10.3. The summed E-state index contributed by atoms with van der Waals surface area (Å²) in [6.07, 6.45) is 3.59. The molecule has 0 aliphatic rings. The maximum Gasteiger partial charge on any atom is 0.140 e. The van der Waals surface area contributed by atoms with Crippen molar-refractivity contribution in [2.24, 2.45) is 5.73 Å². The molecule has 0 atom stereocenters. The SMILES string of the molecule is NCc1ccc(Cn2ccnc2-c2ccccc2)c(F)c1. The van der Waals surface area contributed by atoms with Gasteiger partial charge in [-0.05, 0) is 11.6 Å². The van der Waals surface area contributed by atoms with Crippen LogP contribution in [0.3, 0.4) is 0 Å². The molecule has 0 saturated carbocycles. The van der Waals surface area contributed by atoms with Crippen molar-refractivity contribution in [3.05, 3.63) is 77.9 Å². The van der Waals surface area contributed by atoms with Gasteiger partial charge in [-0.1, -0.05) is 42.5 Å². The van der Waals surface area contributed by atoms with Crippen molar-refractivity contribution in [3.8, 4) is 11.4 Å². The molecule has 0 aliphatic heterocycles. The van der Waals surface area contributed by atoms with Crippen LogP contribution in [-0.2, 0) is 13.1 Å². The molecular formula is C17H16FN3. The molecule has 0 saturated heterocycles. The number of hydrogen-bond donors (Lipinski definition) is 1. The Morgan fingerprint density at radius 2 is 1.90 bits per heavy atom. The maximum absolute atomic E-state index is 14.1. The molecule has 0 bridgehead atoms. The van der Waals surface area contributed by atoms with Gasteiger partial charge < -0.3 is 10.3 Å². The average Bonchev–Trinajstić information content (AvgIpc) is 2.98. The molecule has 1 aromatic heterocycles. The van der Waals surface area contributed by atoms with Gasteiger partial charge in [0.2, 0.25) is 0 Å². The Kier molecular flexibility index (Phi) is 3.79. The Hall–Kier alpha value is -2.46. The van der Waals surface area contributed by atoms with Crippen LogP contribution in [0.1, 0.15) is 11.1 Å². The first-order valence-electron chi connectivity index (χ1n) is 6.82. The highest BCUT2D eigenvalue weighted by Gasteiger charge is 2.09.